The summed E-state index contributed by atoms with van der Waals surface area (Å²) in [5.74, 6) is 0.507. The lowest BCUT2D eigenvalue weighted by Crippen LogP contribution is -2.14. The summed E-state index contributed by atoms with van der Waals surface area (Å²) in [6.07, 6.45) is 0. The van der Waals surface area contributed by atoms with Crippen molar-refractivity contribution in [2.24, 2.45) is 5.73 Å². The standard InChI is InChI=1S/C24H23ClN2O4/c1-3-30-22-11-6-17(24(29)27-19-7-4-16(5-8-19)23(26)28)13-18(22)14-31-20-9-10-21(25)15(2)12-20/h4-13H,3,14H2,1-2H3,(H2,26,28)(H,27,29). The Bertz CT molecular complexity index is 1100. The van der Waals surface area contributed by atoms with Crippen molar-refractivity contribution in [3.8, 4) is 11.5 Å². The van der Waals surface area contributed by atoms with Crippen LogP contribution in [0.5, 0.6) is 11.5 Å². The minimum atomic E-state index is -0.523. The molecular weight excluding hydrogens is 416 g/mol. The fourth-order valence-corrected chi connectivity index (χ4v) is 3.04. The van der Waals surface area contributed by atoms with Crippen molar-refractivity contribution >= 4 is 29.1 Å². The first-order valence-corrected chi connectivity index (χ1v) is 10.1. The zero-order valence-corrected chi connectivity index (χ0v) is 18.0. The van der Waals surface area contributed by atoms with Crippen molar-refractivity contribution in [2.45, 2.75) is 20.5 Å². The van der Waals surface area contributed by atoms with Gasteiger partial charge in [-0.05, 0) is 80.1 Å². The molecule has 6 nitrogen and oxygen atoms in total. The number of nitrogens with one attached hydrogen (secondary N) is 1. The third kappa shape index (κ3) is 5.77. The van der Waals surface area contributed by atoms with E-state index in [1.807, 2.05) is 19.9 Å². The molecule has 0 saturated carbocycles. The molecule has 0 aliphatic rings. The molecular formula is C24H23ClN2O4. The van der Waals surface area contributed by atoms with Gasteiger partial charge in [0.15, 0.2) is 0 Å². The smallest absolute Gasteiger partial charge is 0.255 e. The summed E-state index contributed by atoms with van der Waals surface area (Å²) in [5, 5.41) is 3.47. The number of nitrogens with two attached hydrogens (primary N) is 1. The molecule has 0 bridgehead atoms. The first-order valence-electron chi connectivity index (χ1n) is 9.73. The van der Waals surface area contributed by atoms with Gasteiger partial charge in [0.1, 0.15) is 18.1 Å². The van der Waals surface area contributed by atoms with Gasteiger partial charge in [0.25, 0.3) is 5.91 Å². The first kappa shape index (κ1) is 22.2. The molecule has 0 fully saturated rings. The summed E-state index contributed by atoms with van der Waals surface area (Å²) < 4.78 is 11.6. The molecule has 0 spiro atoms. The van der Waals surface area contributed by atoms with Gasteiger partial charge in [-0.1, -0.05) is 11.6 Å². The number of hydrogen-bond acceptors (Lipinski definition) is 4. The van der Waals surface area contributed by atoms with Crippen LogP contribution < -0.4 is 20.5 Å². The quantitative estimate of drug-likeness (QED) is 0.519. The molecule has 0 unspecified atom stereocenters. The highest BCUT2D eigenvalue weighted by Gasteiger charge is 2.12. The molecule has 3 aromatic carbocycles. The summed E-state index contributed by atoms with van der Waals surface area (Å²) in [6.45, 7) is 4.51. The zero-order valence-electron chi connectivity index (χ0n) is 17.3. The minimum absolute atomic E-state index is 0.227. The normalized spacial score (nSPS) is 10.4. The topological polar surface area (TPSA) is 90.6 Å². The summed E-state index contributed by atoms with van der Waals surface area (Å²) in [4.78, 5) is 23.9. The molecule has 2 amide bonds. The molecule has 0 saturated heterocycles. The molecule has 3 N–H and O–H groups in total. The highest BCUT2D eigenvalue weighted by atomic mass is 35.5. The number of anilines is 1. The van der Waals surface area contributed by atoms with E-state index in [0.717, 1.165) is 11.1 Å². The molecule has 0 aliphatic heterocycles. The van der Waals surface area contributed by atoms with Gasteiger partial charge in [-0.25, -0.2) is 0 Å². The Balaban J connectivity index is 1.76. The van der Waals surface area contributed by atoms with E-state index in [-0.39, 0.29) is 12.5 Å². The number of halogens is 1. The number of primary amides is 1. The number of amides is 2. The Morgan fingerprint density at radius 3 is 2.32 bits per heavy atom. The molecule has 7 heteroatoms. The Labute approximate surface area is 185 Å². The highest BCUT2D eigenvalue weighted by Crippen LogP contribution is 2.25. The Morgan fingerprint density at radius 1 is 0.968 bits per heavy atom. The number of carbonyl (C=O) groups excluding carboxylic acids is 2. The summed E-state index contributed by atoms with van der Waals surface area (Å²) in [6, 6.07) is 17.0. The SMILES string of the molecule is CCOc1ccc(C(=O)Nc2ccc(C(N)=O)cc2)cc1COc1ccc(Cl)c(C)c1. The monoisotopic (exact) mass is 438 g/mol. The first-order chi connectivity index (χ1) is 14.9. The fourth-order valence-electron chi connectivity index (χ4n) is 2.92. The number of benzene rings is 3. The molecule has 160 valence electrons. The molecule has 0 aromatic heterocycles. The van der Waals surface area contributed by atoms with Gasteiger partial charge in [-0.15, -0.1) is 0 Å². The fraction of sp³-hybridized carbons (Fsp3) is 0.167. The van der Waals surface area contributed by atoms with Gasteiger partial charge in [0.2, 0.25) is 5.91 Å². The number of rotatable bonds is 8. The predicted octanol–water partition coefficient (Wildman–Crippen LogP) is 4.98. The lowest BCUT2D eigenvalue weighted by molar-refractivity contribution is 0.0998. The van der Waals surface area contributed by atoms with E-state index in [9.17, 15) is 9.59 Å². The van der Waals surface area contributed by atoms with Crippen molar-refractivity contribution in [3.05, 3.63) is 87.9 Å². The molecule has 31 heavy (non-hydrogen) atoms. The van der Waals surface area contributed by atoms with E-state index in [4.69, 9.17) is 26.8 Å². The van der Waals surface area contributed by atoms with Crippen molar-refractivity contribution in [1.29, 1.82) is 0 Å². The van der Waals surface area contributed by atoms with Gasteiger partial charge in [0, 0.05) is 27.4 Å². The van der Waals surface area contributed by atoms with Crippen LogP contribution in [-0.2, 0) is 6.61 Å². The number of aryl methyl sites for hydroxylation is 1. The summed E-state index contributed by atoms with van der Waals surface area (Å²) in [5.41, 5.74) is 8.28. The number of ether oxygens (including phenoxy) is 2. The highest BCUT2D eigenvalue weighted by molar-refractivity contribution is 6.31. The zero-order chi connectivity index (χ0) is 22.4. The molecule has 0 atom stereocenters. The van der Waals surface area contributed by atoms with E-state index in [0.29, 0.717) is 39.9 Å². The third-order valence-corrected chi connectivity index (χ3v) is 5.00. The lowest BCUT2D eigenvalue weighted by Gasteiger charge is -2.14. The number of hydrogen-bond donors (Lipinski definition) is 2. The maximum atomic E-state index is 12.7. The van der Waals surface area contributed by atoms with Crippen LogP contribution in [0, 0.1) is 6.92 Å². The van der Waals surface area contributed by atoms with E-state index in [1.54, 1.807) is 54.6 Å². The Hall–Kier alpha value is -3.51. The van der Waals surface area contributed by atoms with Crippen molar-refractivity contribution in [3.63, 3.8) is 0 Å². The molecule has 3 aromatic rings. The second-order valence-electron chi connectivity index (χ2n) is 6.85. The molecule has 0 aliphatic carbocycles. The van der Waals surface area contributed by atoms with Crippen LogP contribution in [0.2, 0.25) is 5.02 Å². The second kappa shape index (κ2) is 10.00. The van der Waals surface area contributed by atoms with Crippen LogP contribution in [0.15, 0.2) is 60.7 Å². The largest absolute Gasteiger partial charge is 0.493 e. The predicted molar refractivity (Wildman–Crippen MR) is 121 cm³/mol. The second-order valence-corrected chi connectivity index (χ2v) is 7.26. The summed E-state index contributed by atoms with van der Waals surface area (Å²) >= 11 is 6.07. The van der Waals surface area contributed by atoms with Crippen LogP contribution in [-0.4, -0.2) is 18.4 Å². The Morgan fingerprint density at radius 2 is 1.68 bits per heavy atom. The van der Waals surface area contributed by atoms with Crippen LogP contribution in [0.4, 0.5) is 5.69 Å². The van der Waals surface area contributed by atoms with Crippen LogP contribution in [0.25, 0.3) is 0 Å². The number of carbonyl (C=O) groups is 2. The average molecular weight is 439 g/mol. The van der Waals surface area contributed by atoms with Gasteiger partial charge in [-0.3, -0.25) is 9.59 Å². The van der Waals surface area contributed by atoms with E-state index in [1.165, 1.54) is 0 Å². The molecule has 0 heterocycles. The van der Waals surface area contributed by atoms with Gasteiger partial charge in [0.05, 0.1) is 6.61 Å². The molecule has 3 rings (SSSR count). The van der Waals surface area contributed by atoms with E-state index >= 15 is 0 Å². The third-order valence-electron chi connectivity index (χ3n) is 4.57. The van der Waals surface area contributed by atoms with Gasteiger partial charge >= 0.3 is 0 Å². The van der Waals surface area contributed by atoms with Crippen LogP contribution >= 0.6 is 11.6 Å². The van der Waals surface area contributed by atoms with Crippen LogP contribution in [0.1, 0.15) is 38.8 Å². The van der Waals surface area contributed by atoms with Crippen molar-refractivity contribution in [1.82, 2.24) is 0 Å². The van der Waals surface area contributed by atoms with E-state index in [2.05, 4.69) is 5.32 Å². The average Bonchev–Trinajstić information content (AvgIpc) is 2.76. The van der Waals surface area contributed by atoms with Gasteiger partial charge in [-0.2, -0.15) is 0 Å². The summed E-state index contributed by atoms with van der Waals surface area (Å²) in [7, 11) is 0. The minimum Gasteiger partial charge on any atom is -0.493 e. The van der Waals surface area contributed by atoms with E-state index < -0.39 is 5.91 Å². The maximum absolute atomic E-state index is 12.7. The lowest BCUT2D eigenvalue weighted by atomic mass is 10.1. The maximum Gasteiger partial charge on any atom is 0.255 e. The van der Waals surface area contributed by atoms with Gasteiger partial charge < -0.3 is 20.5 Å². The van der Waals surface area contributed by atoms with Crippen molar-refractivity contribution < 1.29 is 19.1 Å². The molecule has 0 radical (unpaired) electrons. The van der Waals surface area contributed by atoms with Crippen LogP contribution in [0.3, 0.4) is 0 Å². The van der Waals surface area contributed by atoms with Crippen molar-refractivity contribution in [2.75, 3.05) is 11.9 Å². The Kier molecular flexibility index (Phi) is 7.15.